The number of carbonyl (C=O) groups is 1. The molecular formula is C15H19N5O. The van der Waals surface area contributed by atoms with Crippen molar-refractivity contribution in [2.75, 3.05) is 32.7 Å². The maximum absolute atomic E-state index is 12.3. The van der Waals surface area contributed by atoms with E-state index in [1.54, 1.807) is 12.7 Å². The smallest absolute Gasteiger partial charge is 0.253 e. The predicted molar refractivity (Wildman–Crippen MR) is 78.8 cm³/mol. The highest BCUT2D eigenvalue weighted by Gasteiger charge is 2.21. The topological polar surface area (TPSA) is 54.3 Å². The van der Waals surface area contributed by atoms with Crippen LogP contribution in [0.4, 0.5) is 0 Å². The minimum absolute atomic E-state index is 0.133. The Hall–Kier alpha value is -2.21. The highest BCUT2D eigenvalue weighted by molar-refractivity contribution is 5.94. The maximum Gasteiger partial charge on any atom is 0.253 e. The highest BCUT2D eigenvalue weighted by atomic mass is 16.2. The third-order valence-electron chi connectivity index (χ3n) is 3.82. The molecular weight excluding hydrogens is 266 g/mol. The van der Waals surface area contributed by atoms with Gasteiger partial charge in [-0.25, -0.2) is 0 Å². The molecule has 110 valence electrons. The molecule has 1 aromatic heterocycles. The van der Waals surface area contributed by atoms with Crippen LogP contribution in [0.15, 0.2) is 43.0 Å². The van der Waals surface area contributed by atoms with E-state index in [4.69, 9.17) is 0 Å². The van der Waals surface area contributed by atoms with Gasteiger partial charge in [0.15, 0.2) is 0 Å². The number of benzene rings is 1. The van der Waals surface area contributed by atoms with Crippen LogP contribution in [0.1, 0.15) is 10.4 Å². The molecule has 1 aromatic carbocycles. The number of nitrogens with zero attached hydrogens (tertiary/aromatic N) is 5. The summed E-state index contributed by atoms with van der Waals surface area (Å²) < 4.78 is 1.97. The summed E-state index contributed by atoms with van der Waals surface area (Å²) in [7, 11) is 0. The van der Waals surface area contributed by atoms with Crippen LogP contribution >= 0.6 is 0 Å². The zero-order chi connectivity index (χ0) is 14.5. The minimum Gasteiger partial charge on any atom is -0.336 e. The lowest BCUT2D eigenvalue weighted by Crippen LogP contribution is -2.49. The van der Waals surface area contributed by atoms with Crippen molar-refractivity contribution in [2.24, 2.45) is 0 Å². The second kappa shape index (κ2) is 6.49. The molecule has 21 heavy (non-hydrogen) atoms. The van der Waals surface area contributed by atoms with E-state index in [1.165, 1.54) is 0 Å². The molecule has 1 amide bonds. The van der Waals surface area contributed by atoms with E-state index in [0.29, 0.717) is 0 Å². The average Bonchev–Trinajstić information content (AvgIpc) is 3.07. The van der Waals surface area contributed by atoms with Crippen molar-refractivity contribution in [1.29, 1.82) is 0 Å². The van der Waals surface area contributed by atoms with Gasteiger partial charge in [0.2, 0.25) is 0 Å². The predicted octanol–water partition coefficient (Wildman–Crippen LogP) is 0.736. The number of hydrogen-bond acceptors (Lipinski definition) is 4. The number of piperazine rings is 1. The maximum atomic E-state index is 12.3. The van der Waals surface area contributed by atoms with Gasteiger partial charge in [-0.05, 0) is 12.1 Å². The Bertz CT molecular complexity index is 561. The number of rotatable bonds is 4. The monoisotopic (exact) mass is 285 g/mol. The third-order valence-corrected chi connectivity index (χ3v) is 3.82. The fraction of sp³-hybridized carbons (Fsp3) is 0.400. The second-order valence-electron chi connectivity index (χ2n) is 5.20. The first-order valence-electron chi connectivity index (χ1n) is 7.22. The molecule has 1 aliphatic heterocycles. The van der Waals surface area contributed by atoms with Crippen LogP contribution in [0.25, 0.3) is 0 Å². The average molecular weight is 285 g/mol. The summed E-state index contributed by atoms with van der Waals surface area (Å²) in [5, 5.41) is 7.59. The molecule has 0 unspecified atom stereocenters. The molecule has 0 bridgehead atoms. The Labute approximate surface area is 124 Å². The zero-order valence-corrected chi connectivity index (χ0v) is 11.9. The SMILES string of the molecule is O=C(c1ccccc1)N1CCN(CCn2cnnc2)CC1. The van der Waals surface area contributed by atoms with Gasteiger partial charge in [0, 0.05) is 44.8 Å². The van der Waals surface area contributed by atoms with Crippen molar-refractivity contribution in [2.45, 2.75) is 6.54 Å². The minimum atomic E-state index is 0.133. The van der Waals surface area contributed by atoms with Crippen molar-refractivity contribution in [3.05, 3.63) is 48.5 Å². The van der Waals surface area contributed by atoms with Crippen LogP contribution in [-0.4, -0.2) is 63.2 Å². The van der Waals surface area contributed by atoms with Crippen LogP contribution in [0.2, 0.25) is 0 Å². The third kappa shape index (κ3) is 3.46. The number of hydrogen-bond donors (Lipinski definition) is 0. The molecule has 0 spiro atoms. The highest BCUT2D eigenvalue weighted by Crippen LogP contribution is 2.08. The number of aromatic nitrogens is 3. The molecule has 0 atom stereocenters. The van der Waals surface area contributed by atoms with Gasteiger partial charge in [-0.3, -0.25) is 9.69 Å². The van der Waals surface area contributed by atoms with Crippen molar-refractivity contribution in [1.82, 2.24) is 24.6 Å². The van der Waals surface area contributed by atoms with Crippen molar-refractivity contribution in [3.63, 3.8) is 0 Å². The van der Waals surface area contributed by atoms with Crippen LogP contribution < -0.4 is 0 Å². The van der Waals surface area contributed by atoms with Gasteiger partial charge < -0.3 is 9.47 Å². The van der Waals surface area contributed by atoms with Crippen molar-refractivity contribution < 1.29 is 4.79 Å². The molecule has 1 saturated heterocycles. The second-order valence-corrected chi connectivity index (χ2v) is 5.20. The molecule has 0 aliphatic carbocycles. The van der Waals surface area contributed by atoms with Crippen LogP contribution in [0.3, 0.4) is 0 Å². The summed E-state index contributed by atoms with van der Waals surface area (Å²) in [5.41, 5.74) is 0.774. The quantitative estimate of drug-likeness (QED) is 0.831. The normalized spacial score (nSPS) is 16.1. The van der Waals surface area contributed by atoms with E-state index in [-0.39, 0.29) is 5.91 Å². The molecule has 0 radical (unpaired) electrons. The van der Waals surface area contributed by atoms with E-state index in [2.05, 4.69) is 15.1 Å². The summed E-state index contributed by atoms with van der Waals surface area (Å²) in [6.07, 6.45) is 3.46. The Morgan fingerprint density at radius 3 is 2.29 bits per heavy atom. The summed E-state index contributed by atoms with van der Waals surface area (Å²) in [6.45, 7) is 5.26. The van der Waals surface area contributed by atoms with Gasteiger partial charge in [0.25, 0.3) is 5.91 Å². The Morgan fingerprint density at radius 1 is 0.952 bits per heavy atom. The molecule has 3 rings (SSSR count). The summed E-state index contributed by atoms with van der Waals surface area (Å²) in [6, 6.07) is 9.49. The zero-order valence-electron chi connectivity index (χ0n) is 11.9. The standard InChI is InChI=1S/C15H19N5O/c21-15(14-4-2-1-3-5-14)20-10-8-18(9-11-20)6-7-19-12-16-17-13-19/h1-5,12-13H,6-11H2. The Morgan fingerprint density at radius 2 is 1.62 bits per heavy atom. The van der Waals surface area contributed by atoms with Gasteiger partial charge in [0.1, 0.15) is 12.7 Å². The Balaban J connectivity index is 1.47. The lowest BCUT2D eigenvalue weighted by atomic mass is 10.2. The first-order chi connectivity index (χ1) is 10.3. The first kappa shape index (κ1) is 13.8. The van der Waals surface area contributed by atoms with Gasteiger partial charge in [0.05, 0.1) is 0 Å². The molecule has 2 aromatic rings. The summed E-state index contributed by atoms with van der Waals surface area (Å²) in [5.74, 6) is 0.133. The summed E-state index contributed by atoms with van der Waals surface area (Å²) >= 11 is 0. The largest absolute Gasteiger partial charge is 0.336 e. The first-order valence-corrected chi connectivity index (χ1v) is 7.22. The molecule has 2 heterocycles. The van der Waals surface area contributed by atoms with Gasteiger partial charge in [-0.2, -0.15) is 0 Å². The van der Waals surface area contributed by atoms with Crippen molar-refractivity contribution in [3.8, 4) is 0 Å². The van der Waals surface area contributed by atoms with Gasteiger partial charge in [-0.1, -0.05) is 18.2 Å². The molecule has 6 nitrogen and oxygen atoms in total. The van der Waals surface area contributed by atoms with E-state index in [9.17, 15) is 4.79 Å². The summed E-state index contributed by atoms with van der Waals surface area (Å²) in [4.78, 5) is 16.6. The molecule has 0 saturated carbocycles. The number of carbonyl (C=O) groups excluding carboxylic acids is 1. The molecule has 6 heteroatoms. The lowest BCUT2D eigenvalue weighted by molar-refractivity contribution is 0.0633. The van der Waals surface area contributed by atoms with E-state index < -0.39 is 0 Å². The molecule has 0 N–H and O–H groups in total. The molecule has 1 aliphatic rings. The lowest BCUT2D eigenvalue weighted by Gasteiger charge is -2.34. The van der Waals surface area contributed by atoms with Crippen LogP contribution in [0, 0.1) is 0 Å². The molecule has 1 fully saturated rings. The van der Waals surface area contributed by atoms with Crippen LogP contribution in [0.5, 0.6) is 0 Å². The van der Waals surface area contributed by atoms with Crippen LogP contribution in [-0.2, 0) is 6.54 Å². The number of amides is 1. The fourth-order valence-corrected chi connectivity index (χ4v) is 2.53. The fourth-order valence-electron chi connectivity index (χ4n) is 2.53. The van der Waals surface area contributed by atoms with Gasteiger partial charge >= 0.3 is 0 Å². The van der Waals surface area contributed by atoms with Gasteiger partial charge in [-0.15, -0.1) is 10.2 Å². The van der Waals surface area contributed by atoms with E-state index >= 15 is 0 Å². The van der Waals surface area contributed by atoms with E-state index in [0.717, 1.165) is 44.8 Å². The van der Waals surface area contributed by atoms with Crippen molar-refractivity contribution >= 4 is 5.91 Å². The van der Waals surface area contributed by atoms with E-state index in [1.807, 2.05) is 39.8 Å². The Kier molecular flexibility index (Phi) is 4.25.